The lowest BCUT2D eigenvalue weighted by Gasteiger charge is -2.29. The predicted molar refractivity (Wildman–Crippen MR) is 96.6 cm³/mol. The van der Waals surface area contributed by atoms with E-state index >= 15 is 0 Å². The van der Waals surface area contributed by atoms with E-state index in [0.29, 0.717) is 25.1 Å². The molecule has 1 saturated heterocycles. The van der Waals surface area contributed by atoms with Crippen molar-refractivity contribution < 1.29 is 27.0 Å². The number of rotatable bonds is 6. The maximum atomic E-state index is 12.6. The van der Waals surface area contributed by atoms with Crippen molar-refractivity contribution in [2.45, 2.75) is 25.4 Å². The second-order valence-electron chi connectivity index (χ2n) is 6.69. The maximum Gasteiger partial charge on any atom is 0.264 e. The largest absolute Gasteiger partial charge is 0.372 e. The molecule has 146 valence electrons. The number of benzene rings is 1. The summed E-state index contributed by atoms with van der Waals surface area (Å²) >= 11 is 0. The minimum Gasteiger partial charge on any atom is -0.372 e. The molecule has 27 heavy (non-hydrogen) atoms. The lowest BCUT2D eigenvalue weighted by molar-refractivity contribution is -0.136. The first-order valence-corrected chi connectivity index (χ1v) is 10.3. The number of imide groups is 1. The van der Waals surface area contributed by atoms with Crippen LogP contribution in [0.15, 0.2) is 18.2 Å². The molecule has 10 heteroatoms. The quantitative estimate of drug-likeness (QED) is 0.527. The molecule has 1 N–H and O–H groups in total. The highest BCUT2D eigenvalue weighted by Crippen LogP contribution is 2.30. The Hall–Kier alpha value is -2.46. The Bertz CT molecular complexity index is 898. The lowest BCUT2D eigenvalue weighted by atomic mass is 10.0. The van der Waals surface area contributed by atoms with Crippen molar-refractivity contribution in [2.24, 2.45) is 0 Å². The molecule has 2 aliphatic heterocycles. The van der Waals surface area contributed by atoms with Gasteiger partial charge < -0.3 is 9.80 Å². The SMILES string of the molecule is CN(CCOS(C)(=O)=O)c1ccc2c(c1)CN(C1CCC(=O)NC1=O)C2=O. The van der Waals surface area contributed by atoms with Crippen LogP contribution in [0, 0.1) is 0 Å². The predicted octanol–water partition coefficient (Wildman–Crippen LogP) is -0.140. The van der Waals surface area contributed by atoms with E-state index in [1.165, 1.54) is 4.90 Å². The van der Waals surface area contributed by atoms with Crippen molar-refractivity contribution >= 4 is 33.5 Å². The van der Waals surface area contributed by atoms with Crippen molar-refractivity contribution in [1.82, 2.24) is 10.2 Å². The first-order chi connectivity index (χ1) is 12.7. The molecular weight excluding hydrogens is 374 g/mol. The third-order valence-corrected chi connectivity index (χ3v) is 5.27. The average Bonchev–Trinajstić information content (AvgIpc) is 2.90. The number of carbonyl (C=O) groups is 3. The van der Waals surface area contributed by atoms with E-state index in [4.69, 9.17) is 4.18 Å². The van der Waals surface area contributed by atoms with Crippen molar-refractivity contribution in [3.05, 3.63) is 29.3 Å². The molecule has 0 saturated carbocycles. The topological polar surface area (TPSA) is 113 Å². The molecule has 1 unspecified atom stereocenters. The highest BCUT2D eigenvalue weighted by Gasteiger charge is 2.39. The molecule has 2 aliphatic rings. The van der Waals surface area contributed by atoms with E-state index in [9.17, 15) is 22.8 Å². The van der Waals surface area contributed by atoms with Gasteiger partial charge in [-0.25, -0.2) is 0 Å². The number of anilines is 1. The van der Waals surface area contributed by atoms with Crippen LogP contribution in [0.3, 0.4) is 0 Å². The van der Waals surface area contributed by atoms with E-state index in [1.807, 2.05) is 11.0 Å². The summed E-state index contributed by atoms with van der Waals surface area (Å²) in [7, 11) is -1.69. The molecule has 2 heterocycles. The van der Waals surface area contributed by atoms with Crippen molar-refractivity contribution in [3.8, 4) is 0 Å². The summed E-state index contributed by atoms with van der Waals surface area (Å²) in [5.41, 5.74) is 2.13. The Morgan fingerprint density at radius 3 is 2.70 bits per heavy atom. The molecule has 0 bridgehead atoms. The van der Waals surface area contributed by atoms with Gasteiger partial charge in [0, 0.05) is 37.8 Å². The molecular formula is C17H21N3O6S. The third-order valence-electron chi connectivity index (χ3n) is 4.67. The molecule has 0 aliphatic carbocycles. The van der Waals surface area contributed by atoms with Crippen LogP contribution in [0.1, 0.15) is 28.8 Å². The lowest BCUT2D eigenvalue weighted by Crippen LogP contribution is -2.52. The summed E-state index contributed by atoms with van der Waals surface area (Å²) in [6, 6.07) is 4.67. The van der Waals surface area contributed by atoms with E-state index < -0.39 is 22.1 Å². The molecule has 0 aromatic heterocycles. The molecule has 1 atom stereocenters. The Kier molecular flexibility index (Phi) is 5.20. The van der Waals surface area contributed by atoms with Crippen LogP contribution in [-0.2, 0) is 30.4 Å². The third kappa shape index (κ3) is 4.28. The fourth-order valence-corrected chi connectivity index (χ4v) is 3.63. The van der Waals surface area contributed by atoms with E-state index in [0.717, 1.165) is 17.5 Å². The van der Waals surface area contributed by atoms with Gasteiger partial charge in [0.1, 0.15) is 6.04 Å². The van der Waals surface area contributed by atoms with Gasteiger partial charge in [0.25, 0.3) is 16.0 Å². The number of fused-ring (bicyclic) bond motifs is 1. The van der Waals surface area contributed by atoms with Gasteiger partial charge in [0.15, 0.2) is 0 Å². The number of likely N-dealkylation sites (N-methyl/N-ethyl adjacent to an activating group) is 1. The first-order valence-electron chi connectivity index (χ1n) is 8.49. The van der Waals surface area contributed by atoms with Gasteiger partial charge in [-0.1, -0.05) is 0 Å². The van der Waals surface area contributed by atoms with Crippen molar-refractivity contribution in [3.63, 3.8) is 0 Å². The van der Waals surface area contributed by atoms with Gasteiger partial charge in [-0.05, 0) is 30.2 Å². The fourth-order valence-electron chi connectivity index (χ4n) is 3.25. The molecule has 1 fully saturated rings. The average molecular weight is 395 g/mol. The Morgan fingerprint density at radius 2 is 2.04 bits per heavy atom. The summed E-state index contributed by atoms with van der Waals surface area (Å²) in [6.07, 6.45) is 1.53. The Balaban J connectivity index is 1.70. The normalized spacial score (nSPS) is 19.9. The smallest absolute Gasteiger partial charge is 0.264 e. The Morgan fingerprint density at radius 1 is 1.30 bits per heavy atom. The van der Waals surface area contributed by atoms with Crippen LogP contribution in [-0.4, -0.2) is 63.5 Å². The van der Waals surface area contributed by atoms with Gasteiger partial charge in [0.2, 0.25) is 11.8 Å². The van der Waals surface area contributed by atoms with E-state index in [1.54, 1.807) is 19.2 Å². The fraction of sp³-hybridized carbons (Fsp3) is 0.471. The van der Waals surface area contributed by atoms with Crippen molar-refractivity contribution in [1.29, 1.82) is 0 Å². The second kappa shape index (κ2) is 7.28. The first kappa shape index (κ1) is 19.3. The summed E-state index contributed by atoms with van der Waals surface area (Å²) < 4.78 is 26.8. The van der Waals surface area contributed by atoms with Gasteiger partial charge in [0.05, 0.1) is 12.9 Å². The van der Waals surface area contributed by atoms with Crippen LogP contribution >= 0.6 is 0 Å². The molecule has 3 amide bonds. The van der Waals surface area contributed by atoms with E-state index in [2.05, 4.69) is 5.32 Å². The number of carbonyl (C=O) groups excluding carboxylic acids is 3. The zero-order chi connectivity index (χ0) is 19.8. The highest BCUT2D eigenvalue weighted by molar-refractivity contribution is 7.85. The monoisotopic (exact) mass is 395 g/mol. The van der Waals surface area contributed by atoms with Crippen LogP contribution in [0.4, 0.5) is 5.69 Å². The zero-order valence-corrected chi connectivity index (χ0v) is 15.9. The standard InChI is InChI=1S/C17H21N3O6S/c1-19(7-8-26-27(2,24)25)12-3-4-13-11(9-12)10-20(17(13)23)14-5-6-15(21)18-16(14)22/h3-4,9,14H,5-8,10H2,1-2H3,(H,18,21,22). The van der Waals surface area contributed by atoms with Crippen LogP contribution < -0.4 is 10.2 Å². The van der Waals surface area contributed by atoms with Gasteiger partial charge in [-0.15, -0.1) is 0 Å². The van der Waals surface area contributed by atoms with Gasteiger partial charge in [-0.3, -0.25) is 23.9 Å². The van der Waals surface area contributed by atoms with Crippen LogP contribution in [0.25, 0.3) is 0 Å². The summed E-state index contributed by atoms with van der Waals surface area (Å²) in [5, 5.41) is 2.28. The minimum atomic E-state index is -3.49. The number of nitrogens with one attached hydrogen (secondary N) is 1. The van der Waals surface area contributed by atoms with Crippen molar-refractivity contribution in [2.75, 3.05) is 31.4 Å². The maximum absolute atomic E-state index is 12.6. The summed E-state index contributed by atoms with van der Waals surface area (Å²) in [4.78, 5) is 39.3. The molecule has 0 spiro atoms. The molecule has 1 aromatic rings. The number of piperidine rings is 1. The number of hydrogen-bond acceptors (Lipinski definition) is 7. The van der Waals surface area contributed by atoms with Gasteiger partial charge >= 0.3 is 0 Å². The van der Waals surface area contributed by atoms with Gasteiger partial charge in [-0.2, -0.15) is 8.42 Å². The zero-order valence-electron chi connectivity index (χ0n) is 15.1. The highest BCUT2D eigenvalue weighted by atomic mass is 32.2. The second-order valence-corrected chi connectivity index (χ2v) is 8.33. The van der Waals surface area contributed by atoms with E-state index in [-0.39, 0.29) is 24.8 Å². The summed E-state index contributed by atoms with van der Waals surface area (Å²) in [5.74, 6) is -0.989. The minimum absolute atomic E-state index is 0.0216. The van der Waals surface area contributed by atoms with Crippen LogP contribution in [0.5, 0.6) is 0 Å². The number of amides is 3. The number of nitrogens with zero attached hydrogens (tertiary/aromatic N) is 2. The Labute approximate surface area is 157 Å². The number of hydrogen-bond donors (Lipinski definition) is 1. The van der Waals surface area contributed by atoms with Crippen LogP contribution in [0.2, 0.25) is 0 Å². The summed E-state index contributed by atoms with van der Waals surface area (Å²) in [6.45, 7) is 0.673. The molecule has 3 rings (SSSR count). The molecule has 9 nitrogen and oxygen atoms in total. The molecule has 0 radical (unpaired) electrons. The molecule has 1 aromatic carbocycles.